The highest BCUT2D eigenvalue weighted by atomic mass is 32.2. The van der Waals surface area contributed by atoms with Crippen LogP contribution in [0.3, 0.4) is 0 Å². The molecule has 35 heavy (non-hydrogen) atoms. The Labute approximate surface area is 204 Å². The van der Waals surface area contributed by atoms with Crippen LogP contribution >= 0.6 is 0 Å². The SMILES string of the molecule is Cn1cc(S(=O)(=O)c2ccccc2)c(=O)c2cc(F)c(N3CCC(Cc4ccccc4)CC3)cc21. The predicted octanol–water partition coefficient (Wildman–Crippen LogP) is 4.97. The molecule has 4 aromatic rings. The van der Waals surface area contributed by atoms with Crippen molar-refractivity contribution in [2.75, 3.05) is 18.0 Å². The second kappa shape index (κ2) is 9.30. The zero-order chi connectivity index (χ0) is 24.6. The fraction of sp³-hybridized carbons (Fsp3) is 0.250. The second-order valence-corrected chi connectivity index (χ2v) is 11.1. The van der Waals surface area contributed by atoms with Crippen LogP contribution < -0.4 is 10.3 Å². The summed E-state index contributed by atoms with van der Waals surface area (Å²) in [6, 6.07) is 21.1. The van der Waals surface area contributed by atoms with Gasteiger partial charge in [0.2, 0.25) is 15.3 Å². The Hall–Kier alpha value is -3.45. The van der Waals surface area contributed by atoms with Gasteiger partial charge >= 0.3 is 0 Å². The topological polar surface area (TPSA) is 59.4 Å². The van der Waals surface area contributed by atoms with Gasteiger partial charge in [-0.3, -0.25) is 4.79 Å². The lowest BCUT2D eigenvalue weighted by molar-refractivity contribution is 0.401. The van der Waals surface area contributed by atoms with Crippen LogP contribution in [0.5, 0.6) is 0 Å². The molecule has 180 valence electrons. The van der Waals surface area contributed by atoms with Gasteiger partial charge < -0.3 is 9.47 Å². The molecule has 0 N–H and O–H groups in total. The maximum absolute atomic E-state index is 15.3. The maximum Gasteiger partial charge on any atom is 0.211 e. The van der Waals surface area contributed by atoms with Gasteiger partial charge in [0, 0.05) is 26.3 Å². The highest BCUT2D eigenvalue weighted by Crippen LogP contribution is 2.31. The monoisotopic (exact) mass is 490 g/mol. The third-order valence-corrected chi connectivity index (χ3v) is 8.65. The van der Waals surface area contributed by atoms with E-state index >= 15 is 4.39 Å². The molecule has 0 bridgehead atoms. The molecule has 1 saturated heterocycles. The Balaban J connectivity index is 1.44. The third kappa shape index (κ3) is 4.48. The summed E-state index contributed by atoms with van der Waals surface area (Å²) in [6.45, 7) is 1.46. The first-order chi connectivity index (χ1) is 16.8. The number of pyridine rings is 1. The average molecular weight is 491 g/mol. The molecule has 5 rings (SSSR count). The lowest BCUT2D eigenvalue weighted by Crippen LogP contribution is -2.35. The summed E-state index contributed by atoms with van der Waals surface area (Å²) >= 11 is 0. The number of aromatic nitrogens is 1. The van der Waals surface area contributed by atoms with Crippen molar-refractivity contribution in [3.63, 3.8) is 0 Å². The highest BCUT2D eigenvalue weighted by Gasteiger charge is 2.26. The maximum atomic E-state index is 15.3. The van der Waals surface area contributed by atoms with Crippen molar-refractivity contribution in [1.29, 1.82) is 0 Å². The minimum atomic E-state index is -4.03. The molecule has 0 aliphatic carbocycles. The van der Waals surface area contributed by atoms with Crippen LogP contribution in [0.4, 0.5) is 10.1 Å². The van der Waals surface area contributed by atoms with E-state index in [2.05, 4.69) is 24.3 Å². The highest BCUT2D eigenvalue weighted by molar-refractivity contribution is 7.91. The number of rotatable bonds is 5. The molecular weight excluding hydrogens is 463 g/mol. The van der Waals surface area contributed by atoms with E-state index in [1.165, 1.54) is 30.0 Å². The zero-order valence-electron chi connectivity index (χ0n) is 19.5. The number of halogens is 1. The van der Waals surface area contributed by atoms with Crippen LogP contribution in [0.1, 0.15) is 18.4 Å². The molecule has 3 aromatic carbocycles. The largest absolute Gasteiger partial charge is 0.369 e. The van der Waals surface area contributed by atoms with E-state index < -0.39 is 21.1 Å². The van der Waals surface area contributed by atoms with Gasteiger partial charge in [0.25, 0.3) is 0 Å². The number of anilines is 1. The summed E-state index contributed by atoms with van der Waals surface area (Å²) in [5.74, 6) is 0.0395. The molecule has 1 aliphatic rings. The first-order valence-electron chi connectivity index (χ1n) is 11.8. The van der Waals surface area contributed by atoms with Crippen molar-refractivity contribution < 1.29 is 12.8 Å². The van der Waals surface area contributed by atoms with E-state index in [0.29, 0.717) is 17.1 Å². The Morgan fingerprint density at radius 1 is 0.943 bits per heavy atom. The Morgan fingerprint density at radius 2 is 1.57 bits per heavy atom. The van der Waals surface area contributed by atoms with Gasteiger partial charge in [0.1, 0.15) is 10.7 Å². The average Bonchev–Trinajstić information content (AvgIpc) is 2.87. The molecule has 1 aromatic heterocycles. The molecule has 2 heterocycles. The van der Waals surface area contributed by atoms with E-state index in [1.807, 2.05) is 11.0 Å². The number of hydrogen-bond acceptors (Lipinski definition) is 4. The number of hydrogen-bond donors (Lipinski definition) is 0. The summed E-state index contributed by atoms with van der Waals surface area (Å²) in [6.07, 6.45) is 4.27. The molecule has 0 saturated carbocycles. The molecule has 0 amide bonds. The number of aryl methyl sites for hydroxylation is 1. The van der Waals surface area contributed by atoms with E-state index in [4.69, 9.17) is 0 Å². The number of sulfone groups is 1. The number of nitrogens with zero attached hydrogens (tertiary/aromatic N) is 2. The zero-order valence-corrected chi connectivity index (χ0v) is 20.3. The van der Waals surface area contributed by atoms with Crippen LogP contribution in [0.2, 0.25) is 0 Å². The first kappa shape index (κ1) is 23.3. The molecule has 1 fully saturated rings. The van der Waals surface area contributed by atoms with Gasteiger partial charge in [0.15, 0.2) is 0 Å². The molecule has 0 radical (unpaired) electrons. The summed E-state index contributed by atoms with van der Waals surface area (Å²) in [4.78, 5) is 14.9. The summed E-state index contributed by atoms with van der Waals surface area (Å²) < 4.78 is 43.1. The van der Waals surface area contributed by atoms with Gasteiger partial charge in [-0.2, -0.15) is 0 Å². The van der Waals surface area contributed by atoms with Crippen molar-refractivity contribution in [1.82, 2.24) is 4.57 Å². The van der Waals surface area contributed by atoms with Crippen LogP contribution in [-0.4, -0.2) is 26.1 Å². The quantitative estimate of drug-likeness (QED) is 0.396. The van der Waals surface area contributed by atoms with Gasteiger partial charge in [-0.25, -0.2) is 12.8 Å². The molecular formula is C28H27FN2O3S. The Kier molecular flexibility index (Phi) is 6.19. The third-order valence-electron chi connectivity index (χ3n) is 6.89. The van der Waals surface area contributed by atoms with Gasteiger partial charge in [-0.1, -0.05) is 48.5 Å². The lowest BCUT2D eigenvalue weighted by Gasteiger charge is -2.34. The minimum Gasteiger partial charge on any atom is -0.369 e. The smallest absolute Gasteiger partial charge is 0.211 e. The number of fused-ring (bicyclic) bond motifs is 1. The fourth-order valence-corrected chi connectivity index (χ4v) is 6.37. The van der Waals surface area contributed by atoms with Gasteiger partial charge in [0.05, 0.1) is 21.5 Å². The predicted molar refractivity (Wildman–Crippen MR) is 136 cm³/mol. The van der Waals surface area contributed by atoms with E-state index in [1.54, 1.807) is 35.9 Å². The molecule has 0 spiro atoms. The van der Waals surface area contributed by atoms with E-state index in [9.17, 15) is 13.2 Å². The molecule has 7 heteroatoms. The van der Waals surface area contributed by atoms with Crippen molar-refractivity contribution in [3.05, 3.63) is 101 Å². The lowest BCUT2D eigenvalue weighted by atomic mass is 9.90. The van der Waals surface area contributed by atoms with Crippen LogP contribution in [0.25, 0.3) is 10.9 Å². The molecule has 5 nitrogen and oxygen atoms in total. The Morgan fingerprint density at radius 3 is 2.23 bits per heavy atom. The van der Waals surface area contributed by atoms with Crippen molar-refractivity contribution in [3.8, 4) is 0 Å². The summed E-state index contributed by atoms with van der Waals surface area (Å²) in [5, 5.41) is 0.0599. The fourth-order valence-electron chi connectivity index (χ4n) is 4.95. The van der Waals surface area contributed by atoms with Gasteiger partial charge in [-0.15, -0.1) is 0 Å². The van der Waals surface area contributed by atoms with E-state index in [-0.39, 0.29) is 15.2 Å². The number of benzene rings is 3. The summed E-state index contributed by atoms with van der Waals surface area (Å²) in [7, 11) is -2.35. The normalized spacial score (nSPS) is 15.0. The summed E-state index contributed by atoms with van der Waals surface area (Å²) in [5.41, 5.74) is 1.59. The second-order valence-electron chi connectivity index (χ2n) is 9.19. The molecule has 0 atom stereocenters. The van der Waals surface area contributed by atoms with Gasteiger partial charge in [-0.05, 0) is 55.0 Å². The molecule has 1 aliphatic heterocycles. The van der Waals surface area contributed by atoms with Crippen molar-refractivity contribution in [2.24, 2.45) is 13.0 Å². The van der Waals surface area contributed by atoms with E-state index in [0.717, 1.165) is 32.4 Å². The van der Waals surface area contributed by atoms with Crippen LogP contribution in [0.15, 0.2) is 93.6 Å². The first-order valence-corrected chi connectivity index (χ1v) is 13.2. The minimum absolute atomic E-state index is 0.0342. The van der Waals surface area contributed by atoms with Crippen molar-refractivity contribution >= 4 is 26.4 Å². The Bertz CT molecular complexity index is 1530. The molecule has 0 unspecified atom stereocenters. The number of piperidine rings is 1. The van der Waals surface area contributed by atoms with Crippen molar-refractivity contribution in [2.45, 2.75) is 29.1 Å². The van der Waals surface area contributed by atoms with Crippen LogP contribution in [0, 0.1) is 11.7 Å². The van der Waals surface area contributed by atoms with Crippen LogP contribution in [-0.2, 0) is 23.3 Å². The standard InChI is InChI=1S/C28H27FN2O3S/c1-30-19-27(35(33,34)22-10-6-3-7-11-22)28(32)23-17-24(29)26(18-25(23)30)31-14-12-21(13-15-31)16-20-8-4-2-5-9-20/h2-11,17-19,21H,12-16H2,1H3.